The second-order valence-electron chi connectivity index (χ2n) is 5.80. The second kappa shape index (κ2) is 7.25. The van der Waals surface area contributed by atoms with Crippen LogP contribution in [0.15, 0.2) is 17.9 Å². The fourth-order valence-electron chi connectivity index (χ4n) is 2.90. The Morgan fingerprint density at radius 2 is 1.95 bits per heavy atom. The van der Waals surface area contributed by atoms with Gasteiger partial charge in [0.2, 0.25) is 0 Å². The van der Waals surface area contributed by atoms with E-state index in [1.165, 1.54) is 19.3 Å². The van der Waals surface area contributed by atoms with Crippen molar-refractivity contribution in [1.82, 2.24) is 0 Å². The molecule has 1 aliphatic carbocycles. The summed E-state index contributed by atoms with van der Waals surface area (Å²) in [6.07, 6.45) is 11.3. The second-order valence-corrected chi connectivity index (χ2v) is 5.80. The molecule has 1 atom stereocenters. The highest BCUT2D eigenvalue weighted by molar-refractivity contribution is 4.94. The zero-order chi connectivity index (χ0) is 13.6. The number of ether oxygens (including phenoxy) is 2. The van der Waals surface area contributed by atoms with Crippen molar-refractivity contribution < 1.29 is 14.6 Å². The standard InChI is InChI=1S/C16H26O3/c1-16(18-12-13-19-16)11-7-3-6-10-15(17)14-8-4-2-5-9-14/h3,10,14-15,17H,2,4-5,7-9,11-13H2,1H3. The molecule has 0 bridgehead atoms. The Labute approximate surface area is 116 Å². The Bertz CT molecular complexity index is 319. The molecule has 0 amide bonds. The van der Waals surface area contributed by atoms with Crippen molar-refractivity contribution in [2.75, 3.05) is 13.2 Å². The molecule has 0 aromatic carbocycles. The van der Waals surface area contributed by atoms with Crippen molar-refractivity contribution >= 4 is 0 Å². The van der Waals surface area contributed by atoms with Gasteiger partial charge >= 0.3 is 0 Å². The summed E-state index contributed by atoms with van der Waals surface area (Å²) in [5.41, 5.74) is 3.11. The summed E-state index contributed by atoms with van der Waals surface area (Å²) < 4.78 is 11.1. The predicted molar refractivity (Wildman–Crippen MR) is 74.8 cm³/mol. The van der Waals surface area contributed by atoms with Gasteiger partial charge in [-0.3, -0.25) is 0 Å². The number of hydrogen-bond donors (Lipinski definition) is 1. The van der Waals surface area contributed by atoms with E-state index < -0.39 is 5.79 Å². The number of aliphatic hydroxyl groups is 1. The molecule has 1 unspecified atom stereocenters. The lowest BCUT2D eigenvalue weighted by Crippen LogP contribution is -2.24. The fourth-order valence-corrected chi connectivity index (χ4v) is 2.90. The first kappa shape index (κ1) is 14.8. The molecule has 3 heteroatoms. The van der Waals surface area contributed by atoms with Crippen LogP contribution in [0.3, 0.4) is 0 Å². The van der Waals surface area contributed by atoms with Crippen LogP contribution in [0, 0.1) is 5.92 Å². The van der Waals surface area contributed by atoms with E-state index in [1.807, 2.05) is 19.1 Å². The molecule has 1 saturated heterocycles. The van der Waals surface area contributed by atoms with Crippen molar-refractivity contribution in [3.8, 4) is 0 Å². The highest BCUT2D eigenvalue weighted by Crippen LogP contribution is 2.27. The van der Waals surface area contributed by atoms with E-state index in [0.29, 0.717) is 19.1 Å². The summed E-state index contributed by atoms with van der Waals surface area (Å²) in [5, 5.41) is 10.0. The van der Waals surface area contributed by atoms with Gasteiger partial charge in [0.25, 0.3) is 0 Å². The van der Waals surface area contributed by atoms with Crippen LogP contribution in [-0.2, 0) is 9.47 Å². The molecule has 0 aromatic heterocycles. The van der Waals surface area contributed by atoms with E-state index in [4.69, 9.17) is 9.47 Å². The van der Waals surface area contributed by atoms with Gasteiger partial charge in [0.05, 0.1) is 19.3 Å². The van der Waals surface area contributed by atoms with Crippen LogP contribution in [0.25, 0.3) is 0 Å². The third-order valence-corrected chi connectivity index (χ3v) is 4.16. The van der Waals surface area contributed by atoms with Crippen molar-refractivity contribution in [2.24, 2.45) is 5.92 Å². The highest BCUT2D eigenvalue weighted by Gasteiger charge is 2.29. The summed E-state index contributed by atoms with van der Waals surface area (Å²) in [7, 11) is 0. The minimum absolute atomic E-state index is 0.328. The normalized spacial score (nSPS) is 24.7. The quantitative estimate of drug-likeness (QED) is 0.777. The first-order valence-electron chi connectivity index (χ1n) is 7.57. The Hall–Kier alpha value is -0.600. The SMILES string of the molecule is CC1(CCC=C=CC(O)C2CCCCC2)OCCO1. The van der Waals surface area contributed by atoms with E-state index in [-0.39, 0.29) is 6.10 Å². The van der Waals surface area contributed by atoms with Crippen molar-refractivity contribution in [3.63, 3.8) is 0 Å². The molecule has 1 aliphatic heterocycles. The Morgan fingerprint density at radius 1 is 1.26 bits per heavy atom. The number of hydrogen-bond acceptors (Lipinski definition) is 3. The molecule has 108 valence electrons. The molecule has 1 N–H and O–H groups in total. The van der Waals surface area contributed by atoms with Gasteiger partial charge in [-0.1, -0.05) is 19.3 Å². The van der Waals surface area contributed by atoms with Crippen LogP contribution < -0.4 is 0 Å². The van der Waals surface area contributed by atoms with E-state index in [1.54, 1.807) is 0 Å². The monoisotopic (exact) mass is 266 g/mol. The minimum atomic E-state index is -0.417. The zero-order valence-electron chi connectivity index (χ0n) is 11.9. The average molecular weight is 266 g/mol. The maximum Gasteiger partial charge on any atom is 0.166 e. The third-order valence-electron chi connectivity index (χ3n) is 4.16. The van der Waals surface area contributed by atoms with Crippen LogP contribution in [0.1, 0.15) is 51.9 Å². The van der Waals surface area contributed by atoms with Crippen molar-refractivity contribution in [3.05, 3.63) is 17.9 Å². The number of rotatable bonds is 5. The molecule has 1 saturated carbocycles. The Morgan fingerprint density at radius 3 is 2.63 bits per heavy atom. The van der Waals surface area contributed by atoms with Gasteiger partial charge < -0.3 is 14.6 Å². The lowest BCUT2D eigenvalue weighted by molar-refractivity contribution is -0.145. The van der Waals surface area contributed by atoms with Crippen LogP contribution in [-0.4, -0.2) is 30.2 Å². The van der Waals surface area contributed by atoms with Crippen LogP contribution in [0.5, 0.6) is 0 Å². The molecule has 2 fully saturated rings. The van der Waals surface area contributed by atoms with Gasteiger partial charge in [0.1, 0.15) is 0 Å². The van der Waals surface area contributed by atoms with Crippen LogP contribution in [0.2, 0.25) is 0 Å². The zero-order valence-corrected chi connectivity index (χ0v) is 11.9. The summed E-state index contributed by atoms with van der Waals surface area (Å²) in [4.78, 5) is 0. The van der Waals surface area contributed by atoms with Gasteiger partial charge in [0, 0.05) is 6.42 Å². The Balaban J connectivity index is 1.70. The van der Waals surface area contributed by atoms with E-state index in [2.05, 4.69) is 5.73 Å². The largest absolute Gasteiger partial charge is 0.388 e. The van der Waals surface area contributed by atoms with Crippen molar-refractivity contribution in [1.29, 1.82) is 0 Å². The average Bonchev–Trinajstić information content (AvgIpc) is 2.86. The molecule has 19 heavy (non-hydrogen) atoms. The van der Waals surface area contributed by atoms with Gasteiger partial charge in [-0.2, -0.15) is 0 Å². The molecule has 0 spiro atoms. The third kappa shape index (κ3) is 4.77. The van der Waals surface area contributed by atoms with Gasteiger partial charge in [0.15, 0.2) is 5.79 Å². The van der Waals surface area contributed by atoms with Crippen molar-refractivity contribution in [2.45, 2.75) is 63.8 Å². The van der Waals surface area contributed by atoms with E-state index in [0.717, 1.165) is 25.7 Å². The molecule has 2 aliphatic rings. The molecule has 0 aromatic rings. The van der Waals surface area contributed by atoms with E-state index in [9.17, 15) is 5.11 Å². The maximum atomic E-state index is 10.0. The van der Waals surface area contributed by atoms with Crippen LogP contribution in [0.4, 0.5) is 0 Å². The molecule has 1 heterocycles. The maximum absolute atomic E-state index is 10.0. The lowest BCUT2D eigenvalue weighted by atomic mass is 9.85. The summed E-state index contributed by atoms with van der Waals surface area (Å²) in [5.74, 6) is 0.0221. The van der Waals surface area contributed by atoms with E-state index >= 15 is 0 Å². The molecular weight excluding hydrogens is 240 g/mol. The molecule has 3 nitrogen and oxygen atoms in total. The van der Waals surface area contributed by atoms with Gasteiger partial charge in [-0.15, -0.1) is 5.73 Å². The van der Waals surface area contributed by atoms with Crippen LogP contribution >= 0.6 is 0 Å². The summed E-state index contributed by atoms with van der Waals surface area (Å²) >= 11 is 0. The Kier molecular flexibility index (Phi) is 5.65. The molecule has 2 rings (SSSR count). The summed E-state index contributed by atoms with van der Waals surface area (Å²) in [6, 6.07) is 0. The highest BCUT2D eigenvalue weighted by atomic mass is 16.7. The minimum Gasteiger partial charge on any atom is -0.388 e. The predicted octanol–water partition coefficient (Wildman–Crippen LogP) is 3.18. The first-order chi connectivity index (χ1) is 9.20. The first-order valence-corrected chi connectivity index (χ1v) is 7.57. The smallest absolute Gasteiger partial charge is 0.166 e. The van der Waals surface area contributed by atoms with Gasteiger partial charge in [-0.05, 0) is 44.3 Å². The molecular formula is C16H26O3. The number of aliphatic hydroxyl groups excluding tert-OH is 1. The molecule has 0 radical (unpaired) electrons. The summed E-state index contributed by atoms with van der Waals surface area (Å²) in [6.45, 7) is 3.36. The van der Waals surface area contributed by atoms with Gasteiger partial charge in [-0.25, -0.2) is 0 Å². The topological polar surface area (TPSA) is 38.7 Å². The fraction of sp³-hybridized carbons (Fsp3) is 0.812. The lowest BCUT2D eigenvalue weighted by Gasteiger charge is -2.23.